The fraction of sp³-hybridized carbons (Fsp3) is 0.333. The van der Waals surface area contributed by atoms with Crippen LogP contribution in [0.15, 0.2) is 59.8 Å². The van der Waals surface area contributed by atoms with E-state index in [-0.39, 0.29) is 6.03 Å². The van der Waals surface area contributed by atoms with E-state index in [1.165, 1.54) is 18.4 Å². The fourth-order valence-corrected chi connectivity index (χ4v) is 4.57. The SMILES string of the molecule is COC(=O)C1=C(CN2CCN(c3ccccc3C)CC2)NC(=O)N[C@@H]1c1ccccc1Cl. The number of para-hydroxylation sites is 1. The number of halogens is 1. The molecule has 0 saturated carbocycles. The summed E-state index contributed by atoms with van der Waals surface area (Å²) in [4.78, 5) is 29.8. The van der Waals surface area contributed by atoms with E-state index in [9.17, 15) is 9.59 Å². The number of carbonyl (C=O) groups is 2. The predicted molar refractivity (Wildman–Crippen MR) is 125 cm³/mol. The molecule has 0 spiro atoms. The van der Waals surface area contributed by atoms with Gasteiger partial charge in [0, 0.05) is 49.1 Å². The zero-order chi connectivity index (χ0) is 22.7. The van der Waals surface area contributed by atoms with Gasteiger partial charge in [0.1, 0.15) is 0 Å². The zero-order valence-corrected chi connectivity index (χ0v) is 19.0. The largest absolute Gasteiger partial charge is 0.466 e. The van der Waals surface area contributed by atoms with Gasteiger partial charge in [-0.05, 0) is 30.2 Å². The molecule has 1 saturated heterocycles. The molecule has 2 aromatic rings. The maximum atomic E-state index is 12.8. The van der Waals surface area contributed by atoms with E-state index in [1.807, 2.05) is 18.2 Å². The molecule has 0 bridgehead atoms. The third kappa shape index (κ3) is 4.59. The number of carbonyl (C=O) groups excluding carboxylic acids is 2. The fourth-order valence-electron chi connectivity index (χ4n) is 4.32. The molecule has 1 fully saturated rings. The van der Waals surface area contributed by atoms with Crippen molar-refractivity contribution in [1.82, 2.24) is 15.5 Å². The van der Waals surface area contributed by atoms with Crippen molar-refractivity contribution in [3.05, 3.63) is 76.0 Å². The molecular weight excluding hydrogens is 428 g/mol. The molecule has 2 amide bonds. The third-order valence-electron chi connectivity index (χ3n) is 5.99. The molecule has 2 aliphatic rings. The lowest BCUT2D eigenvalue weighted by atomic mass is 9.95. The Labute approximate surface area is 193 Å². The minimum atomic E-state index is -0.673. The number of esters is 1. The number of urea groups is 1. The normalized spacial score (nSPS) is 19.4. The summed E-state index contributed by atoms with van der Waals surface area (Å²) in [5.41, 5.74) is 4.09. The minimum Gasteiger partial charge on any atom is -0.466 e. The molecule has 168 valence electrons. The molecule has 8 heteroatoms. The van der Waals surface area contributed by atoms with Crippen molar-refractivity contribution in [3.63, 3.8) is 0 Å². The summed E-state index contributed by atoms with van der Waals surface area (Å²) in [7, 11) is 1.34. The van der Waals surface area contributed by atoms with Crippen LogP contribution in [-0.2, 0) is 9.53 Å². The highest BCUT2D eigenvalue weighted by Gasteiger charge is 2.35. The van der Waals surface area contributed by atoms with E-state index in [0.717, 1.165) is 26.2 Å². The maximum Gasteiger partial charge on any atom is 0.338 e. The summed E-state index contributed by atoms with van der Waals surface area (Å²) in [5.74, 6) is -0.490. The highest BCUT2D eigenvalue weighted by molar-refractivity contribution is 6.31. The first-order chi connectivity index (χ1) is 15.5. The van der Waals surface area contributed by atoms with Crippen LogP contribution in [-0.4, -0.2) is 56.7 Å². The van der Waals surface area contributed by atoms with E-state index in [0.29, 0.717) is 28.4 Å². The average molecular weight is 455 g/mol. The Hall–Kier alpha value is -3.03. The van der Waals surface area contributed by atoms with Crippen LogP contribution in [0.2, 0.25) is 5.02 Å². The van der Waals surface area contributed by atoms with Crippen LogP contribution in [0.3, 0.4) is 0 Å². The first kappa shape index (κ1) is 22.2. The van der Waals surface area contributed by atoms with Crippen molar-refractivity contribution < 1.29 is 14.3 Å². The Bertz CT molecular complexity index is 1050. The second kappa shape index (κ2) is 9.63. The molecule has 0 unspecified atom stereocenters. The molecule has 0 radical (unpaired) electrons. The number of hydrogen-bond donors (Lipinski definition) is 2. The molecule has 4 rings (SSSR count). The number of aryl methyl sites for hydroxylation is 1. The van der Waals surface area contributed by atoms with Crippen LogP contribution in [0.25, 0.3) is 0 Å². The number of benzene rings is 2. The van der Waals surface area contributed by atoms with Gasteiger partial charge in [-0.3, -0.25) is 4.90 Å². The number of rotatable bonds is 5. The Morgan fingerprint density at radius 2 is 1.78 bits per heavy atom. The first-order valence-corrected chi connectivity index (χ1v) is 11.0. The van der Waals surface area contributed by atoms with E-state index in [2.05, 4.69) is 45.6 Å². The molecule has 1 atom stereocenters. The van der Waals surface area contributed by atoms with Crippen LogP contribution in [0.5, 0.6) is 0 Å². The highest BCUT2D eigenvalue weighted by Crippen LogP contribution is 2.32. The summed E-state index contributed by atoms with van der Waals surface area (Å²) in [6.45, 7) is 5.92. The second-order valence-electron chi connectivity index (χ2n) is 7.99. The van der Waals surface area contributed by atoms with Crippen molar-refractivity contribution in [1.29, 1.82) is 0 Å². The second-order valence-corrected chi connectivity index (χ2v) is 8.39. The van der Waals surface area contributed by atoms with Gasteiger partial charge in [-0.15, -0.1) is 0 Å². The molecule has 0 aliphatic carbocycles. The van der Waals surface area contributed by atoms with Gasteiger partial charge >= 0.3 is 12.0 Å². The number of methoxy groups -OCH3 is 1. The zero-order valence-electron chi connectivity index (χ0n) is 18.2. The molecule has 32 heavy (non-hydrogen) atoms. The summed E-state index contributed by atoms with van der Waals surface area (Å²) in [5, 5.41) is 6.13. The Morgan fingerprint density at radius 3 is 2.47 bits per heavy atom. The van der Waals surface area contributed by atoms with Crippen LogP contribution in [0.4, 0.5) is 10.5 Å². The van der Waals surface area contributed by atoms with Crippen LogP contribution in [0, 0.1) is 6.92 Å². The van der Waals surface area contributed by atoms with Gasteiger partial charge in [0.15, 0.2) is 0 Å². The first-order valence-electron chi connectivity index (χ1n) is 10.6. The van der Waals surface area contributed by atoms with Gasteiger partial charge in [-0.1, -0.05) is 48.0 Å². The van der Waals surface area contributed by atoms with E-state index < -0.39 is 12.0 Å². The van der Waals surface area contributed by atoms with E-state index in [1.54, 1.807) is 12.1 Å². The van der Waals surface area contributed by atoms with Crippen LogP contribution in [0.1, 0.15) is 17.2 Å². The quantitative estimate of drug-likeness (QED) is 0.678. The van der Waals surface area contributed by atoms with Gasteiger partial charge in [-0.2, -0.15) is 0 Å². The highest BCUT2D eigenvalue weighted by atomic mass is 35.5. The van der Waals surface area contributed by atoms with Crippen LogP contribution < -0.4 is 15.5 Å². The summed E-state index contributed by atoms with van der Waals surface area (Å²) in [6, 6.07) is 14.5. The molecule has 2 aromatic carbocycles. The van der Waals surface area contributed by atoms with Crippen molar-refractivity contribution in [2.75, 3.05) is 44.7 Å². The van der Waals surface area contributed by atoms with E-state index >= 15 is 0 Å². The molecular formula is C24H27ClN4O3. The third-order valence-corrected chi connectivity index (χ3v) is 6.33. The van der Waals surface area contributed by atoms with Crippen molar-refractivity contribution in [3.8, 4) is 0 Å². The number of anilines is 1. The minimum absolute atomic E-state index is 0.365. The van der Waals surface area contributed by atoms with Crippen molar-refractivity contribution >= 4 is 29.3 Å². The van der Waals surface area contributed by atoms with Crippen molar-refractivity contribution in [2.24, 2.45) is 0 Å². The number of nitrogens with zero attached hydrogens (tertiary/aromatic N) is 2. The lowest BCUT2D eigenvalue weighted by molar-refractivity contribution is -0.136. The Morgan fingerprint density at radius 1 is 1.09 bits per heavy atom. The lowest BCUT2D eigenvalue weighted by Gasteiger charge is -2.38. The van der Waals surface area contributed by atoms with E-state index in [4.69, 9.17) is 16.3 Å². The van der Waals surface area contributed by atoms with Crippen LogP contribution >= 0.6 is 11.6 Å². The number of hydrogen-bond acceptors (Lipinski definition) is 5. The standard InChI is InChI=1S/C24H27ClN4O3/c1-16-7-3-6-10-20(16)29-13-11-28(12-14-29)15-19-21(23(30)32-2)22(27-24(31)26-19)17-8-4-5-9-18(17)25/h3-10,22H,11-15H2,1-2H3,(H2,26,27,31)/t22-/m1/s1. The number of amides is 2. The van der Waals surface area contributed by atoms with Gasteiger partial charge in [0.25, 0.3) is 0 Å². The maximum absolute atomic E-state index is 12.8. The summed E-state index contributed by atoms with van der Waals surface area (Å²) >= 11 is 6.38. The van der Waals surface area contributed by atoms with Gasteiger partial charge in [0.2, 0.25) is 0 Å². The van der Waals surface area contributed by atoms with Gasteiger partial charge in [0.05, 0.1) is 18.7 Å². The number of nitrogens with one attached hydrogen (secondary N) is 2. The van der Waals surface area contributed by atoms with Gasteiger partial charge < -0.3 is 20.3 Å². The Kier molecular flexibility index (Phi) is 6.67. The topological polar surface area (TPSA) is 73.9 Å². The molecule has 0 aromatic heterocycles. The smallest absolute Gasteiger partial charge is 0.338 e. The predicted octanol–water partition coefficient (Wildman–Crippen LogP) is 3.25. The molecule has 2 heterocycles. The number of piperazine rings is 1. The summed E-state index contributed by atoms with van der Waals surface area (Å²) < 4.78 is 5.07. The lowest BCUT2D eigenvalue weighted by Crippen LogP contribution is -2.52. The van der Waals surface area contributed by atoms with Gasteiger partial charge in [-0.25, -0.2) is 9.59 Å². The molecule has 2 N–H and O–H groups in total. The monoisotopic (exact) mass is 454 g/mol. The summed E-state index contributed by atoms with van der Waals surface area (Å²) in [6.07, 6.45) is 0. The Balaban J connectivity index is 1.56. The molecule has 2 aliphatic heterocycles. The van der Waals surface area contributed by atoms with Crippen molar-refractivity contribution in [2.45, 2.75) is 13.0 Å². The average Bonchev–Trinajstić information content (AvgIpc) is 2.79. The number of ether oxygens (including phenoxy) is 1. The molecule has 7 nitrogen and oxygen atoms in total.